The molecule has 1 aromatic heterocycles. The van der Waals surface area contributed by atoms with Gasteiger partial charge in [0.15, 0.2) is 0 Å². The summed E-state index contributed by atoms with van der Waals surface area (Å²) in [7, 11) is 0. The van der Waals surface area contributed by atoms with E-state index in [2.05, 4.69) is 60.8 Å². The monoisotopic (exact) mass is 299 g/mol. The first-order valence-electron chi connectivity index (χ1n) is 7.43. The van der Waals surface area contributed by atoms with Gasteiger partial charge in [-0.05, 0) is 31.0 Å². The summed E-state index contributed by atoms with van der Waals surface area (Å²) in [5.74, 6) is 0.328. The SMILES string of the molecule is Cc1ccc(-c2ccc(CN[C@@H]3C=C[C@H](CO)C3)s2)cc1. The summed E-state index contributed by atoms with van der Waals surface area (Å²) in [6.45, 7) is 3.26. The van der Waals surface area contributed by atoms with Gasteiger partial charge in [0.25, 0.3) is 0 Å². The van der Waals surface area contributed by atoms with Crippen molar-refractivity contribution >= 4 is 11.3 Å². The van der Waals surface area contributed by atoms with Crippen LogP contribution in [0.15, 0.2) is 48.6 Å². The van der Waals surface area contributed by atoms with Crippen molar-refractivity contribution in [3.63, 3.8) is 0 Å². The van der Waals surface area contributed by atoms with E-state index in [1.807, 2.05) is 11.3 Å². The predicted octanol–water partition coefficient (Wildman–Crippen LogP) is 3.75. The Hall–Kier alpha value is -1.42. The molecule has 1 aliphatic rings. The Kier molecular flexibility index (Phi) is 4.54. The smallest absolute Gasteiger partial charge is 0.0494 e. The molecule has 2 N–H and O–H groups in total. The lowest BCUT2D eigenvalue weighted by Gasteiger charge is -2.11. The van der Waals surface area contributed by atoms with Gasteiger partial charge in [-0.3, -0.25) is 0 Å². The second-order valence-corrected chi connectivity index (χ2v) is 6.85. The molecule has 21 heavy (non-hydrogen) atoms. The number of benzene rings is 1. The van der Waals surface area contributed by atoms with E-state index in [9.17, 15) is 0 Å². The molecule has 2 nitrogen and oxygen atoms in total. The standard InChI is InChI=1S/C18H21NOS/c1-13-2-5-15(6-3-13)18-9-8-17(21-18)11-19-16-7-4-14(10-16)12-20/h2-9,14,16,19-20H,10-12H2,1H3/t14-,16+/m0/s1. The third-order valence-electron chi connectivity index (χ3n) is 3.94. The highest BCUT2D eigenvalue weighted by Crippen LogP contribution is 2.28. The van der Waals surface area contributed by atoms with Crippen LogP contribution in [0.3, 0.4) is 0 Å². The number of aliphatic hydroxyl groups excluding tert-OH is 1. The molecule has 0 spiro atoms. The van der Waals surface area contributed by atoms with Crippen LogP contribution in [0.2, 0.25) is 0 Å². The third kappa shape index (κ3) is 3.62. The van der Waals surface area contributed by atoms with Crippen LogP contribution in [-0.2, 0) is 6.54 Å². The second-order valence-electron chi connectivity index (χ2n) is 5.68. The van der Waals surface area contributed by atoms with Crippen molar-refractivity contribution < 1.29 is 5.11 Å². The number of nitrogens with one attached hydrogen (secondary N) is 1. The zero-order chi connectivity index (χ0) is 14.7. The molecule has 2 aromatic rings. The summed E-state index contributed by atoms with van der Waals surface area (Å²) >= 11 is 1.85. The number of thiophene rings is 1. The van der Waals surface area contributed by atoms with Crippen molar-refractivity contribution in [2.75, 3.05) is 6.61 Å². The third-order valence-corrected chi connectivity index (χ3v) is 5.08. The molecule has 0 saturated heterocycles. The lowest BCUT2D eigenvalue weighted by atomic mass is 10.1. The van der Waals surface area contributed by atoms with E-state index in [4.69, 9.17) is 5.11 Å². The molecule has 1 aliphatic carbocycles. The van der Waals surface area contributed by atoms with Crippen LogP contribution in [0.1, 0.15) is 16.9 Å². The van der Waals surface area contributed by atoms with Gasteiger partial charge in [0.2, 0.25) is 0 Å². The zero-order valence-electron chi connectivity index (χ0n) is 12.3. The summed E-state index contributed by atoms with van der Waals surface area (Å²) in [4.78, 5) is 2.67. The Labute approximate surface area is 130 Å². The van der Waals surface area contributed by atoms with Crippen molar-refractivity contribution in [1.29, 1.82) is 0 Å². The van der Waals surface area contributed by atoms with Crippen LogP contribution < -0.4 is 5.32 Å². The molecular formula is C18H21NOS. The number of hydrogen-bond acceptors (Lipinski definition) is 3. The lowest BCUT2D eigenvalue weighted by Crippen LogP contribution is -2.25. The van der Waals surface area contributed by atoms with E-state index in [0.717, 1.165) is 13.0 Å². The van der Waals surface area contributed by atoms with E-state index in [-0.39, 0.29) is 6.61 Å². The summed E-state index contributed by atoms with van der Waals surface area (Å²) in [5, 5.41) is 12.7. The molecule has 0 unspecified atom stereocenters. The highest BCUT2D eigenvalue weighted by molar-refractivity contribution is 7.15. The van der Waals surface area contributed by atoms with E-state index in [0.29, 0.717) is 12.0 Å². The Morgan fingerprint density at radius 3 is 2.67 bits per heavy atom. The van der Waals surface area contributed by atoms with Gasteiger partial charge in [-0.15, -0.1) is 11.3 Å². The van der Waals surface area contributed by atoms with Crippen LogP contribution in [0.25, 0.3) is 10.4 Å². The maximum absolute atomic E-state index is 9.14. The lowest BCUT2D eigenvalue weighted by molar-refractivity contribution is 0.246. The van der Waals surface area contributed by atoms with Gasteiger partial charge >= 0.3 is 0 Å². The van der Waals surface area contributed by atoms with E-state index in [1.165, 1.54) is 20.9 Å². The minimum Gasteiger partial charge on any atom is -0.396 e. The molecule has 1 heterocycles. The van der Waals surface area contributed by atoms with Crippen LogP contribution in [-0.4, -0.2) is 17.8 Å². The van der Waals surface area contributed by atoms with Gasteiger partial charge in [-0.1, -0.05) is 42.0 Å². The fourth-order valence-electron chi connectivity index (χ4n) is 2.64. The zero-order valence-corrected chi connectivity index (χ0v) is 13.1. The summed E-state index contributed by atoms with van der Waals surface area (Å²) < 4.78 is 0. The van der Waals surface area contributed by atoms with Crippen molar-refractivity contribution in [3.8, 4) is 10.4 Å². The van der Waals surface area contributed by atoms with Gasteiger partial charge in [-0.2, -0.15) is 0 Å². The molecule has 0 fully saturated rings. The number of rotatable bonds is 5. The summed E-state index contributed by atoms with van der Waals surface area (Å²) in [6, 6.07) is 13.5. The molecule has 0 radical (unpaired) electrons. The van der Waals surface area contributed by atoms with Crippen molar-refractivity contribution in [1.82, 2.24) is 5.32 Å². The van der Waals surface area contributed by atoms with Gasteiger partial charge < -0.3 is 10.4 Å². The molecule has 2 atom stereocenters. The minimum atomic E-state index is 0.255. The molecule has 0 amide bonds. The van der Waals surface area contributed by atoms with E-state index < -0.39 is 0 Å². The second kappa shape index (κ2) is 6.56. The predicted molar refractivity (Wildman–Crippen MR) is 89.5 cm³/mol. The molecule has 0 bridgehead atoms. The Morgan fingerprint density at radius 1 is 1.14 bits per heavy atom. The highest BCUT2D eigenvalue weighted by atomic mass is 32.1. The van der Waals surface area contributed by atoms with Crippen LogP contribution in [0, 0.1) is 12.8 Å². The molecule has 3 heteroatoms. The van der Waals surface area contributed by atoms with Crippen LogP contribution in [0.4, 0.5) is 0 Å². The molecule has 0 aliphatic heterocycles. The van der Waals surface area contributed by atoms with Gasteiger partial charge in [0.1, 0.15) is 0 Å². The number of aryl methyl sites for hydroxylation is 1. The fourth-order valence-corrected chi connectivity index (χ4v) is 3.60. The molecular weight excluding hydrogens is 278 g/mol. The van der Waals surface area contributed by atoms with Gasteiger partial charge in [0, 0.05) is 34.9 Å². The first-order chi connectivity index (χ1) is 10.2. The van der Waals surface area contributed by atoms with Gasteiger partial charge in [-0.25, -0.2) is 0 Å². The van der Waals surface area contributed by atoms with Crippen LogP contribution in [0.5, 0.6) is 0 Å². The fraction of sp³-hybridized carbons (Fsp3) is 0.333. The Morgan fingerprint density at radius 2 is 1.95 bits per heavy atom. The Bertz CT molecular complexity index is 614. The average Bonchev–Trinajstić information content (AvgIpc) is 3.15. The maximum Gasteiger partial charge on any atom is 0.0494 e. The number of aliphatic hydroxyl groups is 1. The van der Waals surface area contributed by atoms with E-state index in [1.54, 1.807) is 0 Å². The minimum absolute atomic E-state index is 0.255. The molecule has 1 aromatic carbocycles. The molecule has 0 saturated carbocycles. The average molecular weight is 299 g/mol. The first kappa shape index (κ1) is 14.5. The quantitative estimate of drug-likeness (QED) is 0.824. The highest BCUT2D eigenvalue weighted by Gasteiger charge is 2.17. The van der Waals surface area contributed by atoms with Gasteiger partial charge in [0.05, 0.1) is 0 Å². The van der Waals surface area contributed by atoms with Crippen molar-refractivity contribution in [3.05, 3.63) is 59.0 Å². The van der Waals surface area contributed by atoms with Crippen molar-refractivity contribution in [2.24, 2.45) is 5.92 Å². The van der Waals surface area contributed by atoms with Crippen molar-refractivity contribution in [2.45, 2.75) is 25.9 Å². The topological polar surface area (TPSA) is 32.3 Å². The summed E-state index contributed by atoms with van der Waals surface area (Å²) in [6.07, 6.45) is 5.30. The normalized spacial score (nSPS) is 21.0. The number of hydrogen-bond donors (Lipinski definition) is 2. The first-order valence-corrected chi connectivity index (χ1v) is 8.24. The summed E-state index contributed by atoms with van der Waals surface area (Å²) in [5.41, 5.74) is 2.58. The Balaban J connectivity index is 1.58. The molecule has 110 valence electrons. The van der Waals surface area contributed by atoms with E-state index >= 15 is 0 Å². The maximum atomic E-state index is 9.14. The van der Waals surface area contributed by atoms with Crippen LogP contribution >= 0.6 is 11.3 Å². The molecule has 3 rings (SSSR count). The largest absolute Gasteiger partial charge is 0.396 e.